The SMILES string of the molecule is Cc1c(Br)ccc(F)c1C(N)=O. The van der Waals surface area contributed by atoms with Gasteiger partial charge in [0.1, 0.15) is 5.82 Å². The third kappa shape index (κ3) is 1.48. The van der Waals surface area contributed by atoms with Crippen LogP contribution in [0.15, 0.2) is 16.6 Å². The molecule has 0 saturated heterocycles. The second-order valence-electron chi connectivity index (χ2n) is 2.39. The molecular weight excluding hydrogens is 225 g/mol. The number of carbonyl (C=O) groups excluding carboxylic acids is 1. The van der Waals surface area contributed by atoms with E-state index in [0.29, 0.717) is 10.0 Å². The van der Waals surface area contributed by atoms with Crippen molar-refractivity contribution in [3.63, 3.8) is 0 Å². The van der Waals surface area contributed by atoms with Gasteiger partial charge in [-0.25, -0.2) is 4.39 Å². The van der Waals surface area contributed by atoms with Gasteiger partial charge in [-0.1, -0.05) is 15.9 Å². The van der Waals surface area contributed by atoms with Crippen molar-refractivity contribution in [1.82, 2.24) is 0 Å². The highest BCUT2D eigenvalue weighted by Crippen LogP contribution is 2.21. The molecule has 0 aromatic heterocycles. The molecular formula is C8H7BrFNO. The zero-order chi connectivity index (χ0) is 9.30. The van der Waals surface area contributed by atoms with Crippen LogP contribution in [0.4, 0.5) is 4.39 Å². The highest BCUT2D eigenvalue weighted by atomic mass is 79.9. The predicted octanol–water partition coefficient (Wildman–Crippen LogP) is 2.00. The van der Waals surface area contributed by atoms with E-state index in [9.17, 15) is 9.18 Å². The summed E-state index contributed by atoms with van der Waals surface area (Å²) < 4.78 is 13.6. The molecule has 0 bridgehead atoms. The van der Waals surface area contributed by atoms with Crippen LogP contribution in [0.3, 0.4) is 0 Å². The summed E-state index contributed by atoms with van der Waals surface area (Å²) in [5.74, 6) is -1.32. The van der Waals surface area contributed by atoms with Crippen molar-refractivity contribution in [3.8, 4) is 0 Å². The fourth-order valence-electron chi connectivity index (χ4n) is 0.956. The molecule has 2 N–H and O–H groups in total. The van der Waals surface area contributed by atoms with E-state index in [-0.39, 0.29) is 5.56 Å². The second kappa shape index (κ2) is 3.23. The summed E-state index contributed by atoms with van der Waals surface area (Å²) >= 11 is 3.17. The van der Waals surface area contributed by atoms with E-state index in [2.05, 4.69) is 15.9 Å². The summed E-state index contributed by atoms with van der Waals surface area (Å²) in [5.41, 5.74) is 5.46. The standard InChI is InChI=1S/C8H7BrFNO/c1-4-5(9)2-3-6(10)7(4)8(11)12/h2-3H,1H3,(H2,11,12). The van der Waals surface area contributed by atoms with Crippen molar-refractivity contribution in [1.29, 1.82) is 0 Å². The highest BCUT2D eigenvalue weighted by molar-refractivity contribution is 9.10. The van der Waals surface area contributed by atoms with Crippen molar-refractivity contribution in [2.45, 2.75) is 6.92 Å². The number of primary amides is 1. The Morgan fingerprint density at radius 3 is 2.58 bits per heavy atom. The molecule has 64 valence electrons. The molecule has 1 rings (SSSR count). The maximum absolute atomic E-state index is 13.0. The van der Waals surface area contributed by atoms with Crippen LogP contribution in [-0.2, 0) is 0 Å². The second-order valence-corrected chi connectivity index (χ2v) is 3.25. The molecule has 0 aliphatic rings. The summed E-state index contributed by atoms with van der Waals surface area (Å²) in [5, 5.41) is 0. The van der Waals surface area contributed by atoms with Gasteiger partial charge < -0.3 is 5.73 Å². The molecule has 0 spiro atoms. The van der Waals surface area contributed by atoms with Gasteiger partial charge in [-0.05, 0) is 24.6 Å². The molecule has 0 radical (unpaired) electrons. The number of hydrogen-bond donors (Lipinski definition) is 1. The molecule has 1 aromatic carbocycles. The first-order valence-corrected chi connectivity index (χ1v) is 4.07. The molecule has 0 unspecified atom stereocenters. The van der Waals surface area contributed by atoms with E-state index in [4.69, 9.17) is 5.73 Å². The van der Waals surface area contributed by atoms with Gasteiger partial charge in [-0.2, -0.15) is 0 Å². The monoisotopic (exact) mass is 231 g/mol. The van der Waals surface area contributed by atoms with Crippen molar-refractivity contribution >= 4 is 21.8 Å². The number of hydrogen-bond acceptors (Lipinski definition) is 1. The van der Waals surface area contributed by atoms with Crippen molar-refractivity contribution in [2.24, 2.45) is 5.73 Å². The van der Waals surface area contributed by atoms with Gasteiger partial charge in [0.2, 0.25) is 0 Å². The minimum Gasteiger partial charge on any atom is -0.365 e. The lowest BCUT2D eigenvalue weighted by molar-refractivity contribution is 0.0996. The quantitative estimate of drug-likeness (QED) is 0.790. The molecule has 12 heavy (non-hydrogen) atoms. The molecule has 1 aromatic rings. The number of nitrogens with two attached hydrogens (primary N) is 1. The average molecular weight is 232 g/mol. The first-order chi connectivity index (χ1) is 5.54. The molecule has 0 aliphatic carbocycles. The van der Waals surface area contributed by atoms with E-state index in [1.54, 1.807) is 6.92 Å². The Kier molecular flexibility index (Phi) is 2.47. The highest BCUT2D eigenvalue weighted by Gasteiger charge is 2.12. The lowest BCUT2D eigenvalue weighted by atomic mass is 10.1. The van der Waals surface area contributed by atoms with Crippen LogP contribution in [0.1, 0.15) is 15.9 Å². The average Bonchev–Trinajstić information content (AvgIpc) is 1.97. The summed E-state index contributed by atoms with van der Waals surface area (Å²) in [6.07, 6.45) is 0. The number of benzene rings is 1. The van der Waals surface area contributed by atoms with Crippen LogP contribution < -0.4 is 5.73 Å². The van der Waals surface area contributed by atoms with Crippen LogP contribution in [0, 0.1) is 12.7 Å². The van der Waals surface area contributed by atoms with Crippen LogP contribution >= 0.6 is 15.9 Å². The first-order valence-electron chi connectivity index (χ1n) is 3.28. The Bertz CT molecular complexity index is 338. The summed E-state index contributed by atoms with van der Waals surface area (Å²) in [4.78, 5) is 10.8. The van der Waals surface area contributed by atoms with Gasteiger partial charge in [-0.15, -0.1) is 0 Å². The topological polar surface area (TPSA) is 43.1 Å². The van der Waals surface area contributed by atoms with Gasteiger partial charge >= 0.3 is 0 Å². The smallest absolute Gasteiger partial charge is 0.251 e. The van der Waals surface area contributed by atoms with E-state index in [0.717, 1.165) is 0 Å². The minimum atomic E-state index is -0.744. The van der Waals surface area contributed by atoms with Gasteiger partial charge in [-0.3, -0.25) is 4.79 Å². The fourth-order valence-corrected chi connectivity index (χ4v) is 1.29. The Morgan fingerprint density at radius 2 is 2.17 bits per heavy atom. The van der Waals surface area contributed by atoms with Gasteiger partial charge in [0.05, 0.1) is 5.56 Å². The molecule has 0 heterocycles. The third-order valence-corrected chi connectivity index (χ3v) is 2.45. The molecule has 0 fully saturated rings. The number of carbonyl (C=O) groups is 1. The summed E-state index contributed by atoms with van der Waals surface area (Å²) in [6.45, 7) is 1.63. The summed E-state index contributed by atoms with van der Waals surface area (Å²) in [7, 11) is 0. The summed E-state index contributed by atoms with van der Waals surface area (Å²) in [6, 6.07) is 2.74. The zero-order valence-corrected chi connectivity index (χ0v) is 7.98. The van der Waals surface area contributed by atoms with Gasteiger partial charge in [0.25, 0.3) is 5.91 Å². The Balaban J connectivity index is 3.43. The molecule has 0 saturated carbocycles. The normalized spacial score (nSPS) is 9.92. The maximum atomic E-state index is 13.0. The Morgan fingerprint density at radius 1 is 1.58 bits per heavy atom. The van der Waals surface area contributed by atoms with Crippen LogP contribution in [0.2, 0.25) is 0 Å². The van der Waals surface area contributed by atoms with Gasteiger partial charge in [0, 0.05) is 4.47 Å². The number of halogens is 2. The first kappa shape index (κ1) is 9.19. The maximum Gasteiger partial charge on any atom is 0.251 e. The number of amides is 1. The molecule has 2 nitrogen and oxygen atoms in total. The van der Waals surface area contributed by atoms with Crippen LogP contribution in [0.25, 0.3) is 0 Å². The van der Waals surface area contributed by atoms with Crippen LogP contribution in [0.5, 0.6) is 0 Å². The zero-order valence-electron chi connectivity index (χ0n) is 6.40. The number of rotatable bonds is 1. The molecule has 0 atom stereocenters. The van der Waals surface area contributed by atoms with Crippen molar-refractivity contribution in [2.75, 3.05) is 0 Å². The largest absolute Gasteiger partial charge is 0.365 e. The van der Waals surface area contributed by atoms with Crippen LogP contribution in [-0.4, -0.2) is 5.91 Å². The van der Waals surface area contributed by atoms with E-state index in [1.165, 1.54) is 12.1 Å². The Labute approximate surface area is 77.7 Å². The van der Waals surface area contributed by atoms with Crippen molar-refractivity contribution < 1.29 is 9.18 Å². The van der Waals surface area contributed by atoms with Gasteiger partial charge in [0.15, 0.2) is 0 Å². The van der Waals surface area contributed by atoms with E-state index in [1.807, 2.05) is 0 Å². The third-order valence-electron chi connectivity index (χ3n) is 1.59. The fraction of sp³-hybridized carbons (Fsp3) is 0.125. The lowest BCUT2D eigenvalue weighted by Crippen LogP contribution is -2.15. The predicted molar refractivity (Wildman–Crippen MR) is 47.4 cm³/mol. The Hall–Kier alpha value is -0.900. The van der Waals surface area contributed by atoms with E-state index >= 15 is 0 Å². The van der Waals surface area contributed by atoms with Crippen molar-refractivity contribution in [3.05, 3.63) is 33.5 Å². The van der Waals surface area contributed by atoms with E-state index < -0.39 is 11.7 Å². The molecule has 1 amide bonds. The minimum absolute atomic E-state index is 0.0515. The molecule has 0 aliphatic heterocycles. The lowest BCUT2D eigenvalue weighted by Gasteiger charge is -2.04. The molecule has 4 heteroatoms.